The van der Waals surface area contributed by atoms with Crippen LogP contribution in [0.25, 0.3) is 0 Å². The molecule has 3 heteroatoms. The van der Waals surface area contributed by atoms with Crippen LogP contribution in [0.15, 0.2) is 12.3 Å². The van der Waals surface area contributed by atoms with Crippen molar-refractivity contribution in [3.8, 4) is 5.88 Å². The van der Waals surface area contributed by atoms with E-state index in [0.717, 1.165) is 25.3 Å². The fourth-order valence-corrected chi connectivity index (χ4v) is 1.66. The van der Waals surface area contributed by atoms with Crippen molar-refractivity contribution in [1.82, 2.24) is 9.78 Å². The van der Waals surface area contributed by atoms with Crippen LogP contribution >= 0.6 is 0 Å². The second-order valence-electron chi connectivity index (χ2n) is 3.83. The lowest BCUT2D eigenvalue weighted by atomic mass is 10.1. The molecule has 0 aromatic carbocycles. The second-order valence-corrected chi connectivity index (χ2v) is 3.83. The maximum Gasteiger partial charge on any atom is 0.232 e. The molecule has 0 fully saturated rings. The SMILES string of the molecule is CCCOc1ccn(C(CC)CCC)n1. The number of hydrogen-bond acceptors (Lipinski definition) is 2. The normalized spacial score (nSPS) is 12.7. The molecular formula is C12H22N2O. The zero-order valence-corrected chi connectivity index (χ0v) is 10.1. The second kappa shape index (κ2) is 6.49. The van der Waals surface area contributed by atoms with E-state index in [2.05, 4.69) is 25.9 Å². The van der Waals surface area contributed by atoms with Crippen LogP contribution in [0.1, 0.15) is 52.5 Å². The summed E-state index contributed by atoms with van der Waals surface area (Å²) in [7, 11) is 0. The standard InChI is InChI=1S/C12H22N2O/c1-4-7-11(6-3)14-9-8-12(13-14)15-10-5-2/h8-9,11H,4-7,10H2,1-3H3. The van der Waals surface area contributed by atoms with Crippen LogP contribution in [0, 0.1) is 0 Å². The van der Waals surface area contributed by atoms with Crippen LogP contribution in [-0.4, -0.2) is 16.4 Å². The van der Waals surface area contributed by atoms with Gasteiger partial charge < -0.3 is 4.74 Å². The minimum atomic E-state index is 0.522. The van der Waals surface area contributed by atoms with Gasteiger partial charge in [-0.15, -0.1) is 5.10 Å². The predicted octanol–water partition coefficient (Wildman–Crippen LogP) is 3.42. The van der Waals surface area contributed by atoms with Crippen molar-refractivity contribution >= 4 is 0 Å². The molecule has 0 aliphatic carbocycles. The summed E-state index contributed by atoms with van der Waals surface area (Å²) in [5.74, 6) is 0.756. The first-order valence-electron chi connectivity index (χ1n) is 5.99. The van der Waals surface area contributed by atoms with E-state index in [1.54, 1.807) is 0 Å². The Morgan fingerprint density at radius 1 is 1.33 bits per heavy atom. The number of rotatable bonds is 7. The number of nitrogens with zero attached hydrogens (tertiary/aromatic N) is 2. The summed E-state index contributed by atoms with van der Waals surface area (Å²) in [6.45, 7) is 7.26. The monoisotopic (exact) mass is 210 g/mol. The quantitative estimate of drug-likeness (QED) is 0.689. The zero-order chi connectivity index (χ0) is 11.1. The smallest absolute Gasteiger partial charge is 0.232 e. The van der Waals surface area contributed by atoms with Crippen LogP contribution in [-0.2, 0) is 0 Å². The molecule has 0 aliphatic rings. The van der Waals surface area contributed by atoms with Crippen LogP contribution in [0.5, 0.6) is 5.88 Å². The fourth-order valence-electron chi connectivity index (χ4n) is 1.66. The van der Waals surface area contributed by atoms with Crippen molar-refractivity contribution in [3.05, 3.63) is 12.3 Å². The highest BCUT2D eigenvalue weighted by molar-refractivity contribution is 5.06. The number of aromatic nitrogens is 2. The van der Waals surface area contributed by atoms with Gasteiger partial charge in [0.05, 0.1) is 12.6 Å². The van der Waals surface area contributed by atoms with E-state index >= 15 is 0 Å². The first-order chi connectivity index (χ1) is 7.31. The third-order valence-electron chi connectivity index (χ3n) is 2.51. The number of hydrogen-bond donors (Lipinski definition) is 0. The summed E-state index contributed by atoms with van der Waals surface area (Å²) >= 11 is 0. The summed E-state index contributed by atoms with van der Waals surface area (Å²) in [5.41, 5.74) is 0. The number of ether oxygens (including phenoxy) is 1. The highest BCUT2D eigenvalue weighted by atomic mass is 16.5. The van der Waals surface area contributed by atoms with Crippen molar-refractivity contribution in [1.29, 1.82) is 0 Å². The van der Waals surface area contributed by atoms with Gasteiger partial charge in [-0.25, -0.2) is 0 Å². The predicted molar refractivity (Wildman–Crippen MR) is 62.2 cm³/mol. The summed E-state index contributed by atoms with van der Waals surface area (Å²) in [6, 6.07) is 2.47. The van der Waals surface area contributed by atoms with Gasteiger partial charge in [-0.3, -0.25) is 4.68 Å². The van der Waals surface area contributed by atoms with Gasteiger partial charge in [-0.1, -0.05) is 27.2 Å². The van der Waals surface area contributed by atoms with Gasteiger partial charge in [0, 0.05) is 12.3 Å². The van der Waals surface area contributed by atoms with Gasteiger partial charge in [0.1, 0.15) is 0 Å². The molecule has 1 atom stereocenters. The Morgan fingerprint density at radius 2 is 2.13 bits per heavy atom. The Kier molecular flexibility index (Phi) is 5.22. The molecule has 0 amide bonds. The molecule has 0 radical (unpaired) electrons. The van der Waals surface area contributed by atoms with E-state index in [-0.39, 0.29) is 0 Å². The molecule has 1 aromatic rings. The van der Waals surface area contributed by atoms with Crippen LogP contribution in [0.3, 0.4) is 0 Å². The minimum Gasteiger partial charge on any atom is -0.477 e. The third kappa shape index (κ3) is 3.57. The molecule has 0 bridgehead atoms. The van der Waals surface area contributed by atoms with Gasteiger partial charge in [-0.2, -0.15) is 0 Å². The molecule has 1 heterocycles. The lowest BCUT2D eigenvalue weighted by molar-refractivity contribution is 0.294. The van der Waals surface area contributed by atoms with Gasteiger partial charge >= 0.3 is 0 Å². The Labute approximate surface area is 92.4 Å². The highest BCUT2D eigenvalue weighted by Crippen LogP contribution is 2.19. The molecule has 15 heavy (non-hydrogen) atoms. The molecule has 0 saturated carbocycles. The molecule has 0 aliphatic heterocycles. The largest absolute Gasteiger partial charge is 0.477 e. The Balaban J connectivity index is 2.56. The van der Waals surface area contributed by atoms with Crippen molar-refractivity contribution in [2.45, 2.75) is 52.5 Å². The molecule has 1 aromatic heterocycles. The van der Waals surface area contributed by atoms with E-state index < -0.39 is 0 Å². The van der Waals surface area contributed by atoms with Gasteiger partial charge in [0.25, 0.3) is 0 Å². The zero-order valence-electron chi connectivity index (χ0n) is 10.1. The molecule has 1 unspecified atom stereocenters. The van der Waals surface area contributed by atoms with Crippen LogP contribution in [0.4, 0.5) is 0 Å². The third-order valence-corrected chi connectivity index (χ3v) is 2.51. The van der Waals surface area contributed by atoms with Crippen molar-refractivity contribution < 1.29 is 4.74 Å². The minimum absolute atomic E-state index is 0.522. The van der Waals surface area contributed by atoms with E-state index in [4.69, 9.17) is 4.74 Å². The maximum atomic E-state index is 5.48. The molecule has 1 rings (SSSR count). The molecule has 86 valence electrons. The van der Waals surface area contributed by atoms with Crippen LogP contribution in [0.2, 0.25) is 0 Å². The molecular weight excluding hydrogens is 188 g/mol. The molecule has 3 nitrogen and oxygen atoms in total. The van der Waals surface area contributed by atoms with E-state index in [0.29, 0.717) is 6.04 Å². The van der Waals surface area contributed by atoms with Gasteiger partial charge in [0.2, 0.25) is 5.88 Å². The lowest BCUT2D eigenvalue weighted by Crippen LogP contribution is -2.08. The maximum absolute atomic E-state index is 5.48. The van der Waals surface area contributed by atoms with Gasteiger partial charge in [0.15, 0.2) is 0 Å². The Hall–Kier alpha value is -0.990. The van der Waals surface area contributed by atoms with Gasteiger partial charge in [-0.05, 0) is 19.3 Å². The summed E-state index contributed by atoms with van der Waals surface area (Å²) in [6.07, 6.45) is 6.56. The summed E-state index contributed by atoms with van der Waals surface area (Å²) in [4.78, 5) is 0. The average molecular weight is 210 g/mol. The van der Waals surface area contributed by atoms with Crippen molar-refractivity contribution in [3.63, 3.8) is 0 Å². The summed E-state index contributed by atoms with van der Waals surface area (Å²) in [5, 5.41) is 4.43. The topological polar surface area (TPSA) is 27.1 Å². The molecule has 0 saturated heterocycles. The van der Waals surface area contributed by atoms with E-state index in [1.165, 1.54) is 12.8 Å². The van der Waals surface area contributed by atoms with E-state index in [9.17, 15) is 0 Å². The fraction of sp³-hybridized carbons (Fsp3) is 0.750. The molecule has 0 N–H and O–H groups in total. The van der Waals surface area contributed by atoms with Crippen LogP contribution < -0.4 is 4.74 Å². The highest BCUT2D eigenvalue weighted by Gasteiger charge is 2.09. The van der Waals surface area contributed by atoms with Crippen molar-refractivity contribution in [2.75, 3.05) is 6.61 Å². The first-order valence-corrected chi connectivity index (χ1v) is 5.99. The first kappa shape index (κ1) is 12.1. The lowest BCUT2D eigenvalue weighted by Gasteiger charge is -2.13. The molecule has 0 spiro atoms. The Morgan fingerprint density at radius 3 is 2.73 bits per heavy atom. The Bertz CT molecular complexity index is 270. The van der Waals surface area contributed by atoms with Crippen molar-refractivity contribution in [2.24, 2.45) is 0 Å². The summed E-state index contributed by atoms with van der Waals surface area (Å²) < 4.78 is 7.51. The average Bonchev–Trinajstić information content (AvgIpc) is 2.71. The van der Waals surface area contributed by atoms with E-state index in [1.807, 2.05) is 16.9 Å².